The number of carbonyl (C=O) groups is 3. The summed E-state index contributed by atoms with van der Waals surface area (Å²) in [5.41, 5.74) is 0.578. The highest BCUT2D eigenvalue weighted by molar-refractivity contribution is 6.31. The minimum atomic E-state index is -1.24. The lowest BCUT2D eigenvalue weighted by Gasteiger charge is -2.29. The zero-order valence-electron chi connectivity index (χ0n) is 14.4. The predicted octanol–water partition coefficient (Wildman–Crippen LogP) is 2.28. The van der Waals surface area contributed by atoms with Crippen molar-refractivity contribution in [2.75, 3.05) is 10.2 Å². The summed E-state index contributed by atoms with van der Waals surface area (Å²) in [6.45, 7) is 1.84. The van der Waals surface area contributed by atoms with Gasteiger partial charge in [0, 0.05) is 22.3 Å². The molecular formula is C20H16ClN3O3. The van der Waals surface area contributed by atoms with E-state index in [0.717, 1.165) is 0 Å². The average Bonchev–Trinajstić information content (AvgIpc) is 3.20. The van der Waals surface area contributed by atoms with Gasteiger partial charge < -0.3 is 5.32 Å². The van der Waals surface area contributed by atoms with E-state index in [9.17, 15) is 14.4 Å². The second-order valence-electron chi connectivity index (χ2n) is 7.24. The second-order valence-corrected chi connectivity index (χ2v) is 7.67. The number of fused-ring (bicyclic) bond motifs is 4. The molecule has 5 rings (SSSR count). The number of nitrogens with zero attached hydrogens (tertiary/aromatic N) is 1. The molecule has 4 atom stereocenters. The van der Waals surface area contributed by atoms with Gasteiger partial charge in [-0.25, -0.2) is 4.90 Å². The van der Waals surface area contributed by atoms with Gasteiger partial charge in [-0.05, 0) is 31.2 Å². The Hall–Kier alpha value is -2.70. The van der Waals surface area contributed by atoms with Crippen molar-refractivity contribution in [3.63, 3.8) is 0 Å². The first-order chi connectivity index (χ1) is 12.9. The zero-order valence-corrected chi connectivity index (χ0v) is 15.2. The molecule has 2 aromatic rings. The Kier molecular flexibility index (Phi) is 3.30. The molecule has 2 fully saturated rings. The lowest BCUT2D eigenvalue weighted by molar-refractivity contribution is -0.130. The van der Waals surface area contributed by atoms with Crippen molar-refractivity contribution in [3.05, 3.63) is 59.1 Å². The number of carbonyl (C=O) groups excluding carboxylic acids is 3. The van der Waals surface area contributed by atoms with Gasteiger partial charge in [0.05, 0.1) is 17.5 Å². The van der Waals surface area contributed by atoms with Gasteiger partial charge in [0.15, 0.2) is 0 Å². The Morgan fingerprint density at radius 3 is 2.59 bits per heavy atom. The molecule has 2 N–H and O–H groups in total. The van der Waals surface area contributed by atoms with Crippen LogP contribution in [0.1, 0.15) is 12.5 Å². The molecule has 27 heavy (non-hydrogen) atoms. The quantitative estimate of drug-likeness (QED) is 0.743. The van der Waals surface area contributed by atoms with Gasteiger partial charge in [-0.2, -0.15) is 0 Å². The first kappa shape index (κ1) is 16.5. The van der Waals surface area contributed by atoms with Gasteiger partial charge in [0.2, 0.25) is 17.7 Å². The van der Waals surface area contributed by atoms with Crippen molar-refractivity contribution < 1.29 is 14.4 Å². The molecule has 3 aliphatic heterocycles. The van der Waals surface area contributed by atoms with Gasteiger partial charge in [0.25, 0.3) is 0 Å². The molecule has 1 spiro atoms. The highest BCUT2D eigenvalue weighted by Gasteiger charge is 2.69. The Balaban J connectivity index is 1.67. The van der Waals surface area contributed by atoms with E-state index in [0.29, 0.717) is 22.0 Å². The topological polar surface area (TPSA) is 78.5 Å². The largest absolute Gasteiger partial charge is 0.324 e. The van der Waals surface area contributed by atoms with Crippen LogP contribution in [-0.4, -0.2) is 23.8 Å². The summed E-state index contributed by atoms with van der Waals surface area (Å²) in [6, 6.07) is 13.6. The van der Waals surface area contributed by atoms with Crippen molar-refractivity contribution >= 4 is 40.7 Å². The van der Waals surface area contributed by atoms with E-state index in [4.69, 9.17) is 11.6 Å². The molecule has 3 heterocycles. The molecule has 0 bridgehead atoms. The minimum Gasteiger partial charge on any atom is -0.324 e. The summed E-state index contributed by atoms with van der Waals surface area (Å²) < 4.78 is 0. The van der Waals surface area contributed by atoms with Gasteiger partial charge in [-0.1, -0.05) is 35.9 Å². The molecule has 2 aromatic carbocycles. The fourth-order valence-corrected chi connectivity index (χ4v) is 4.97. The van der Waals surface area contributed by atoms with Crippen LogP contribution in [0.3, 0.4) is 0 Å². The SMILES string of the molecule is C[C@@H]1N[C@]2(C(=O)Nc3ccccc32)[C@H]2C(=O)N(c3cccc(Cl)c3)C(=O)[C@@H]12. The number of para-hydroxylation sites is 1. The standard InChI is InChI=1S/C20H16ClN3O3/c1-10-15-16(18(26)24(17(15)25)12-6-4-5-11(21)9-12)20(23-10)13-7-2-3-8-14(13)22-19(20)27/h2-10,15-16,23H,1H3,(H,22,27)/t10-,15-,16+,20-/m0/s1. The molecule has 0 unspecified atom stereocenters. The molecule has 7 heteroatoms. The maximum Gasteiger partial charge on any atom is 0.250 e. The number of benzene rings is 2. The Morgan fingerprint density at radius 1 is 1.04 bits per heavy atom. The molecule has 3 aliphatic rings. The van der Waals surface area contributed by atoms with E-state index in [1.807, 2.05) is 25.1 Å². The van der Waals surface area contributed by atoms with Gasteiger partial charge >= 0.3 is 0 Å². The first-order valence-electron chi connectivity index (χ1n) is 8.77. The van der Waals surface area contributed by atoms with Crippen molar-refractivity contribution in [1.29, 1.82) is 0 Å². The third-order valence-electron chi connectivity index (χ3n) is 5.84. The summed E-state index contributed by atoms with van der Waals surface area (Å²) in [4.78, 5) is 40.8. The zero-order chi connectivity index (χ0) is 18.9. The third-order valence-corrected chi connectivity index (χ3v) is 6.07. The smallest absolute Gasteiger partial charge is 0.250 e. The van der Waals surface area contributed by atoms with Crippen molar-refractivity contribution in [3.8, 4) is 0 Å². The first-order valence-corrected chi connectivity index (χ1v) is 9.15. The fraction of sp³-hybridized carbons (Fsp3) is 0.250. The maximum atomic E-state index is 13.4. The molecule has 0 aliphatic carbocycles. The van der Waals surface area contributed by atoms with Crippen LogP contribution in [0.4, 0.5) is 11.4 Å². The summed E-state index contributed by atoms with van der Waals surface area (Å²) in [5.74, 6) is -2.40. The maximum absolute atomic E-state index is 13.4. The Bertz CT molecular complexity index is 1020. The molecule has 136 valence electrons. The van der Waals surface area contributed by atoms with Crippen LogP contribution in [0.5, 0.6) is 0 Å². The normalized spacial score (nSPS) is 31.4. The van der Waals surface area contributed by atoms with Crippen molar-refractivity contribution in [1.82, 2.24) is 5.32 Å². The van der Waals surface area contributed by atoms with E-state index >= 15 is 0 Å². The van der Waals surface area contributed by atoms with E-state index < -0.39 is 17.4 Å². The molecular weight excluding hydrogens is 366 g/mol. The van der Waals surface area contributed by atoms with E-state index in [2.05, 4.69) is 10.6 Å². The lowest BCUT2D eigenvalue weighted by Crippen LogP contribution is -2.53. The summed E-state index contributed by atoms with van der Waals surface area (Å²) in [6.07, 6.45) is 0. The van der Waals surface area contributed by atoms with Crippen LogP contribution in [0, 0.1) is 11.8 Å². The predicted molar refractivity (Wildman–Crippen MR) is 100 cm³/mol. The van der Waals surface area contributed by atoms with E-state index in [-0.39, 0.29) is 23.8 Å². The Morgan fingerprint density at radius 2 is 1.81 bits per heavy atom. The lowest BCUT2D eigenvalue weighted by atomic mass is 9.76. The molecule has 0 saturated carbocycles. The number of hydrogen-bond donors (Lipinski definition) is 2. The van der Waals surface area contributed by atoms with Gasteiger partial charge in [-0.3, -0.25) is 19.7 Å². The average molecular weight is 382 g/mol. The number of rotatable bonds is 1. The van der Waals surface area contributed by atoms with Crippen LogP contribution in [0.25, 0.3) is 0 Å². The number of imide groups is 1. The number of hydrogen-bond acceptors (Lipinski definition) is 4. The number of anilines is 2. The summed E-state index contributed by atoms with van der Waals surface area (Å²) in [7, 11) is 0. The van der Waals surface area contributed by atoms with Crippen LogP contribution >= 0.6 is 11.6 Å². The molecule has 3 amide bonds. The molecule has 0 aromatic heterocycles. The Labute approximate surface area is 160 Å². The van der Waals surface area contributed by atoms with Crippen molar-refractivity contribution in [2.24, 2.45) is 11.8 Å². The molecule has 0 radical (unpaired) electrons. The summed E-state index contributed by atoms with van der Waals surface area (Å²) >= 11 is 6.05. The summed E-state index contributed by atoms with van der Waals surface area (Å²) in [5, 5.41) is 6.57. The van der Waals surface area contributed by atoms with Crippen LogP contribution < -0.4 is 15.5 Å². The van der Waals surface area contributed by atoms with Gasteiger partial charge in [-0.15, -0.1) is 0 Å². The highest BCUT2D eigenvalue weighted by Crippen LogP contribution is 2.53. The number of halogens is 1. The highest BCUT2D eigenvalue weighted by atomic mass is 35.5. The number of nitrogens with one attached hydrogen (secondary N) is 2. The minimum absolute atomic E-state index is 0.294. The van der Waals surface area contributed by atoms with E-state index in [1.54, 1.807) is 30.3 Å². The van der Waals surface area contributed by atoms with Crippen molar-refractivity contribution in [2.45, 2.75) is 18.5 Å². The van der Waals surface area contributed by atoms with Crippen LogP contribution in [-0.2, 0) is 19.9 Å². The fourth-order valence-electron chi connectivity index (χ4n) is 4.79. The van der Waals surface area contributed by atoms with Crippen LogP contribution in [0.2, 0.25) is 5.02 Å². The molecule has 2 saturated heterocycles. The van der Waals surface area contributed by atoms with Gasteiger partial charge in [0.1, 0.15) is 5.54 Å². The van der Waals surface area contributed by atoms with Crippen LogP contribution in [0.15, 0.2) is 48.5 Å². The molecule has 6 nitrogen and oxygen atoms in total. The van der Waals surface area contributed by atoms with E-state index in [1.165, 1.54) is 4.90 Å². The monoisotopic (exact) mass is 381 g/mol. The number of amides is 3. The third kappa shape index (κ3) is 1.97. The second kappa shape index (κ2) is 5.41.